The molecular formula is C30H27F5N6O4S. The third-order valence-corrected chi connectivity index (χ3v) is 7.60. The van der Waals surface area contributed by atoms with Gasteiger partial charge in [0.25, 0.3) is 0 Å². The van der Waals surface area contributed by atoms with Crippen molar-refractivity contribution in [3.05, 3.63) is 89.2 Å². The van der Waals surface area contributed by atoms with Crippen LogP contribution in [0.15, 0.2) is 65.9 Å². The summed E-state index contributed by atoms with van der Waals surface area (Å²) in [4.78, 5) is 22.3. The van der Waals surface area contributed by atoms with Crippen LogP contribution in [0, 0.1) is 18.6 Å². The van der Waals surface area contributed by atoms with Crippen molar-refractivity contribution < 1.29 is 41.3 Å². The van der Waals surface area contributed by atoms with Gasteiger partial charge in [0.1, 0.15) is 30.3 Å². The fourth-order valence-corrected chi connectivity index (χ4v) is 5.35. The Bertz CT molecular complexity index is 1760. The molecule has 3 aromatic carbocycles. The summed E-state index contributed by atoms with van der Waals surface area (Å²) in [6.45, 7) is 5.22. The maximum Gasteiger partial charge on any atom is 0.573 e. The molecule has 0 saturated carbocycles. The van der Waals surface area contributed by atoms with Gasteiger partial charge in [0.15, 0.2) is 5.17 Å². The molecule has 1 fully saturated rings. The van der Waals surface area contributed by atoms with Crippen molar-refractivity contribution in [2.45, 2.75) is 46.0 Å². The number of hydrogen-bond donors (Lipinski definition) is 2. The molecule has 1 amide bonds. The smallest absolute Gasteiger partial charge is 0.458 e. The molecule has 0 spiro atoms. The lowest BCUT2D eigenvalue weighted by Gasteiger charge is -2.23. The van der Waals surface area contributed by atoms with Crippen LogP contribution < -0.4 is 19.7 Å². The molecule has 1 atom stereocenters. The van der Waals surface area contributed by atoms with Crippen LogP contribution in [0.1, 0.15) is 36.5 Å². The van der Waals surface area contributed by atoms with Gasteiger partial charge in [0.05, 0.1) is 22.8 Å². The molecule has 0 radical (unpaired) electrons. The van der Waals surface area contributed by atoms with Gasteiger partial charge in [-0.15, -0.1) is 18.3 Å². The van der Waals surface area contributed by atoms with Crippen molar-refractivity contribution in [2.75, 3.05) is 16.0 Å². The van der Waals surface area contributed by atoms with Crippen molar-refractivity contribution in [1.29, 1.82) is 0 Å². The van der Waals surface area contributed by atoms with Crippen LogP contribution in [0.4, 0.5) is 33.3 Å². The lowest BCUT2D eigenvalue weighted by atomic mass is 9.98. The molecular weight excluding hydrogens is 635 g/mol. The number of nitrogens with zero attached hydrogens (tertiary/aromatic N) is 5. The van der Waals surface area contributed by atoms with E-state index in [1.54, 1.807) is 13.0 Å². The van der Waals surface area contributed by atoms with Crippen LogP contribution in [-0.4, -0.2) is 49.4 Å². The zero-order chi connectivity index (χ0) is 33.2. The van der Waals surface area contributed by atoms with Gasteiger partial charge in [-0.2, -0.15) is 4.98 Å². The summed E-state index contributed by atoms with van der Waals surface area (Å²) < 4.78 is 77.0. The number of anilines is 2. The Balaban J connectivity index is 1.22. The van der Waals surface area contributed by atoms with Crippen LogP contribution in [0.3, 0.4) is 0 Å². The largest absolute Gasteiger partial charge is 0.573 e. The number of carbonyl (C=O) groups is 1. The summed E-state index contributed by atoms with van der Waals surface area (Å²) in [6.07, 6.45) is -5.12. The Morgan fingerprint density at radius 2 is 1.83 bits per heavy atom. The third-order valence-electron chi connectivity index (χ3n) is 6.66. The summed E-state index contributed by atoms with van der Waals surface area (Å²) in [5.74, 6) is -1.82. The van der Waals surface area contributed by atoms with Crippen molar-refractivity contribution in [3.63, 3.8) is 0 Å². The highest BCUT2D eigenvalue weighted by molar-refractivity contribution is 8.15. The number of thioether (sulfide) groups is 1. The molecule has 16 heteroatoms. The van der Waals surface area contributed by atoms with E-state index in [1.807, 2.05) is 13.8 Å². The zero-order valence-corrected chi connectivity index (χ0v) is 25.4. The first-order chi connectivity index (χ1) is 21.8. The number of aromatic nitrogens is 3. The van der Waals surface area contributed by atoms with Gasteiger partial charge in [-0.25, -0.2) is 18.5 Å². The lowest BCUT2D eigenvalue weighted by Crippen LogP contribution is -2.32. The number of halogens is 5. The second kappa shape index (κ2) is 13.3. The van der Waals surface area contributed by atoms with Gasteiger partial charge in [0.2, 0.25) is 12.3 Å². The fraction of sp³-hybridized carbons (Fsp3) is 0.267. The molecule has 242 valence electrons. The minimum atomic E-state index is -4.81. The Morgan fingerprint density at radius 3 is 2.50 bits per heavy atom. The summed E-state index contributed by atoms with van der Waals surface area (Å²) in [7, 11) is 0. The normalized spacial score (nSPS) is 15.1. The van der Waals surface area contributed by atoms with E-state index in [9.17, 15) is 31.9 Å². The topological polar surface area (TPSA) is 114 Å². The minimum Gasteiger partial charge on any atom is -0.458 e. The predicted molar refractivity (Wildman–Crippen MR) is 161 cm³/mol. The molecule has 4 aromatic rings. The Hall–Kier alpha value is -4.70. The van der Waals surface area contributed by atoms with E-state index in [2.05, 4.69) is 25.1 Å². The summed E-state index contributed by atoms with van der Waals surface area (Å²) >= 11 is 1.10. The highest BCUT2D eigenvalue weighted by Crippen LogP contribution is 2.35. The number of carbonyl (C=O) groups excluding carboxylic acids is 1. The molecule has 1 unspecified atom stereocenters. The summed E-state index contributed by atoms with van der Waals surface area (Å²) in [6, 6.07) is 12.0. The van der Waals surface area contributed by atoms with Gasteiger partial charge in [0, 0.05) is 0 Å². The minimum absolute atomic E-state index is 0.0605. The molecule has 10 nitrogen and oxygen atoms in total. The van der Waals surface area contributed by atoms with Gasteiger partial charge in [-0.3, -0.25) is 9.69 Å². The second-order valence-corrected chi connectivity index (χ2v) is 11.3. The van der Waals surface area contributed by atoms with Crippen LogP contribution in [0.5, 0.6) is 11.8 Å². The number of nitrogens with one attached hydrogen (secondary N) is 1. The van der Waals surface area contributed by atoms with E-state index < -0.39 is 24.3 Å². The first kappa shape index (κ1) is 32.7. The number of aliphatic hydroxyl groups excluding tert-OH is 1. The van der Waals surface area contributed by atoms with Crippen LogP contribution in [0.2, 0.25) is 0 Å². The van der Waals surface area contributed by atoms with E-state index in [4.69, 9.17) is 4.74 Å². The number of amidine groups is 1. The van der Waals surface area contributed by atoms with Crippen molar-refractivity contribution in [3.8, 4) is 17.4 Å². The quantitative estimate of drug-likeness (QED) is 0.151. The first-order valence-electron chi connectivity index (χ1n) is 13.7. The molecule has 0 aliphatic carbocycles. The van der Waals surface area contributed by atoms with E-state index in [0.29, 0.717) is 28.1 Å². The molecule has 2 heterocycles. The molecule has 1 aromatic heterocycles. The van der Waals surface area contributed by atoms with Crippen LogP contribution >= 0.6 is 11.8 Å². The van der Waals surface area contributed by atoms with Crippen molar-refractivity contribution in [1.82, 2.24) is 14.8 Å². The van der Waals surface area contributed by atoms with E-state index >= 15 is 0 Å². The predicted octanol–water partition coefficient (Wildman–Crippen LogP) is 6.28. The molecule has 2 N–H and O–H groups in total. The number of ether oxygens (including phenoxy) is 2. The van der Waals surface area contributed by atoms with Crippen LogP contribution in [0.25, 0.3) is 5.69 Å². The van der Waals surface area contributed by atoms with E-state index in [-0.39, 0.29) is 46.8 Å². The van der Waals surface area contributed by atoms with Crippen LogP contribution in [-0.2, 0) is 11.4 Å². The SMILES string of the molecule is Cc1cc(N2C(=O)CS/C2=N\C(O)Nc2ccc(COc3ncn(-c4ccc(OC(F)(F)F)cc4)n3)cc2F)c(C(C)C)cc1F. The number of amides is 1. The molecule has 5 rings (SSSR count). The monoisotopic (exact) mass is 662 g/mol. The average molecular weight is 663 g/mol. The maximum atomic E-state index is 14.9. The first-order valence-corrected chi connectivity index (χ1v) is 14.7. The number of aliphatic hydroxyl groups is 1. The number of aliphatic imine (C=N–C) groups is 1. The number of benzene rings is 3. The number of aryl methyl sites for hydroxylation is 1. The lowest BCUT2D eigenvalue weighted by molar-refractivity contribution is -0.274. The standard InChI is InChI=1S/C30H27F5N6O4S/c1-16(2)21-12-22(31)17(3)10-25(21)41-26(42)14-46-29(41)38-27(43)37-24-9-4-18(11-23(24)32)13-44-28-36-15-40(39-28)19-5-7-20(8-6-19)45-30(33,34)35/h4-12,15-16,27,37,43H,13-14H2,1-3H3/b38-29-. The summed E-state index contributed by atoms with van der Waals surface area (Å²) in [5, 5.41) is 17.5. The van der Waals surface area contributed by atoms with Gasteiger partial charge in [-0.1, -0.05) is 31.7 Å². The van der Waals surface area contributed by atoms with Crippen molar-refractivity contribution >= 4 is 34.2 Å². The number of alkyl halides is 3. The second-order valence-electron chi connectivity index (χ2n) is 10.4. The van der Waals surface area contributed by atoms with Gasteiger partial charge < -0.3 is 19.9 Å². The number of rotatable bonds is 10. The maximum absolute atomic E-state index is 14.9. The Labute approximate surface area is 263 Å². The third kappa shape index (κ3) is 7.74. The van der Waals surface area contributed by atoms with Gasteiger partial charge in [-0.05, 0) is 78.1 Å². The average Bonchev–Trinajstić information content (AvgIpc) is 3.60. The summed E-state index contributed by atoms with van der Waals surface area (Å²) in [5.41, 5.74) is 2.17. The number of hydrogen-bond acceptors (Lipinski definition) is 9. The molecule has 46 heavy (non-hydrogen) atoms. The zero-order valence-electron chi connectivity index (χ0n) is 24.5. The highest BCUT2D eigenvalue weighted by Gasteiger charge is 2.33. The molecule has 0 bridgehead atoms. The van der Waals surface area contributed by atoms with Crippen molar-refractivity contribution in [2.24, 2.45) is 4.99 Å². The Morgan fingerprint density at radius 1 is 1.09 bits per heavy atom. The molecule has 1 saturated heterocycles. The van der Waals surface area contributed by atoms with E-state index in [1.165, 1.54) is 52.3 Å². The fourth-order valence-electron chi connectivity index (χ4n) is 4.46. The Kier molecular flexibility index (Phi) is 9.48. The highest BCUT2D eigenvalue weighted by atomic mass is 32.2. The van der Waals surface area contributed by atoms with Gasteiger partial charge >= 0.3 is 12.4 Å². The molecule has 1 aliphatic rings. The van der Waals surface area contributed by atoms with E-state index in [0.717, 1.165) is 23.9 Å². The molecule has 1 aliphatic heterocycles.